The molecule has 0 bridgehead atoms. The molecular formula is C23H25N3O8S. The Balaban J connectivity index is 2.16. The second kappa shape index (κ2) is 11.6. The minimum absolute atomic E-state index is 0.121. The van der Waals surface area contributed by atoms with E-state index in [1.54, 1.807) is 29.7 Å². The first-order chi connectivity index (χ1) is 16.8. The van der Waals surface area contributed by atoms with Gasteiger partial charge < -0.3 is 23.5 Å². The maximum Gasteiger partial charge on any atom is 0.338 e. The van der Waals surface area contributed by atoms with E-state index in [4.69, 9.17) is 18.9 Å². The molecule has 0 saturated heterocycles. The number of nitro benzene ring substituents is 1. The summed E-state index contributed by atoms with van der Waals surface area (Å²) in [4.78, 5) is 40.8. The molecule has 1 heterocycles. The summed E-state index contributed by atoms with van der Waals surface area (Å²) < 4.78 is 23.3. The molecule has 11 nitrogen and oxygen atoms in total. The van der Waals surface area contributed by atoms with Crippen molar-refractivity contribution in [2.24, 2.45) is 4.99 Å². The molecule has 0 atom stereocenters. The number of methoxy groups -OCH3 is 2. The summed E-state index contributed by atoms with van der Waals surface area (Å²) in [6.45, 7) is 5.09. The molecule has 0 radical (unpaired) electrons. The van der Waals surface area contributed by atoms with Crippen molar-refractivity contribution in [3.63, 3.8) is 0 Å². The fraction of sp³-hybridized carbons (Fsp3) is 0.348. The van der Waals surface area contributed by atoms with Gasteiger partial charge in [-0.2, -0.15) is 4.99 Å². The Kier molecular flexibility index (Phi) is 8.55. The average Bonchev–Trinajstić information content (AvgIpc) is 3.19. The van der Waals surface area contributed by atoms with Gasteiger partial charge in [0.05, 0.1) is 54.2 Å². The van der Waals surface area contributed by atoms with Crippen molar-refractivity contribution in [2.45, 2.75) is 20.4 Å². The number of aromatic nitrogens is 1. The summed E-state index contributed by atoms with van der Waals surface area (Å²) in [5.41, 5.74) is 0.402. The SMILES string of the molecule is CCOCCn1c(=NC(=O)c2cc(OC)c(OC)cc2[N+](=O)[O-])sc2cc(C(=O)OCC)ccc21. The van der Waals surface area contributed by atoms with Gasteiger partial charge in [0.1, 0.15) is 5.56 Å². The van der Waals surface area contributed by atoms with Crippen LogP contribution in [0.3, 0.4) is 0 Å². The molecule has 0 aliphatic carbocycles. The highest BCUT2D eigenvalue weighted by atomic mass is 32.1. The van der Waals surface area contributed by atoms with Crippen LogP contribution in [0, 0.1) is 10.1 Å². The number of benzene rings is 2. The standard InChI is InChI=1S/C23H25N3O8S/c1-5-33-10-9-25-16-8-7-14(22(28)34-6-2)11-20(16)35-23(25)24-21(27)15-12-18(31-3)19(32-4)13-17(15)26(29)30/h7-8,11-13H,5-6,9-10H2,1-4H3. The lowest BCUT2D eigenvalue weighted by molar-refractivity contribution is -0.385. The van der Waals surface area contributed by atoms with Crippen LogP contribution in [-0.2, 0) is 16.0 Å². The third-order valence-electron chi connectivity index (χ3n) is 4.98. The smallest absolute Gasteiger partial charge is 0.338 e. The molecule has 0 aliphatic rings. The number of ether oxygens (including phenoxy) is 4. The highest BCUT2D eigenvalue weighted by molar-refractivity contribution is 7.16. The summed E-state index contributed by atoms with van der Waals surface area (Å²) >= 11 is 1.17. The molecule has 0 spiro atoms. The maximum absolute atomic E-state index is 13.1. The van der Waals surface area contributed by atoms with Crippen molar-refractivity contribution in [1.82, 2.24) is 4.57 Å². The molecule has 3 rings (SSSR count). The first-order valence-corrected chi connectivity index (χ1v) is 11.5. The van der Waals surface area contributed by atoms with Crippen LogP contribution >= 0.6 is 11.3 Å². The molecule has 1 amide bonds. The number of nitrogens with zero attached hydrogens (tertiary/aromatic N) is 3. The summed E-state index contributed by atoms with van der Waals surface area (Å²) in [5, 5.41) is 11.6. The van der Waals surface area contributed by atoms with Crippen LogP contribution in [0.1, 0.15) is 34.6 Å². The largest absolute Gasteiger partial charge is 0.493 e. The van der Waals surface area contributed by atoms with Crippen molar-refractivity contribution in [3.8, 4) is 11.5 Å². The van der Waals surface area contributed by atoms with Crippen molar-refractivity contribution in [2.75, 3.05) is 34.0 Å². The monoisotopic (exact) mass is 503 g/mol. The molecule has 2 aromatic carbocycles. The Morgan fingerprint density at radius 2 is 1.80 bits per heavy atom. The van der Waals surface area contributed by atoms with E-state index >= 15 is 0 Å². The van der Waals surface area contributed by atoms with Gasteiger partial charge in [0.25, 0.3) is 11.6 Å². The topological polar surface area (TPSA) is 131 Å². The minimum Gasteiger partial charge on any atom is -0.493 e. The highest BCUT2D eigenvalue weighted by Gasteiger charge is 2.25. The van der Waals surface area contributed by atoms with E-state index in [9.17, 15) is 19.7 Å². The van der Waals surface area contributed by atoms with Gasteiger partial charge in [0.2, 0.25) is 0 Å². The summed E-state index contributed by atoms with van der Waals surface area (Å²) in [6.07, 6.45) is 0. The Labute approximate surface area is 204 Å². The zero-order valence-corrected chi connectivity index (χ0v) is 20.5. The van der Waals surface area contributed by atoms with Gasteiger partial charge in [-0.25, -0.2) is 4.79 Å². The molecule has 186 valence electrons. The third kappa shape index (κ3) is 5.66. The Morgan fingerprint density at radius 3 is 2.43 bits per heavy atom. The molecule has 0 aliphatic heterocycles. The number of hydrogen-bond donors (Lipinski definition) is 0. The predicted octanol–water partition coefficient (Wildman–Crippen LogP) is 3.58. The summed E-state index contributed by atoms with van der Waals surface area (Å²) in [5.74, 6) is -0.994. The van der Waals surface area contributed by atoms with Crippen molar-refractivity contribution < 1.29 is 33.5 Å². The zero-order valence-electron chi connectivity index (χ0n) is 19.7. The number of esters is 1. The summed E-state index contributed by atoms with van der Waals surface area (Å²) in [7, 11) is 2.71. The van der Waals surface area contributed by atoms with Gasteiger partial charge in [0, 0.05) is 19.2 Å². The van der Waals surface area contributed by atoms with Gasteiger partial charge in [-0.1, -0.05) is 11.3 Å². The maximum atomic E-state index is 13.1. The number of carbonyl (C=O) groups excluding carboxylic acids is 2. The normalized spacial score (nSPS) is 11.5. The van der Waals surface area contributed by atoms with Crippen molar-refractivity contribution in [1.29, 1.82) is 0 Å². The molecular weight excluding hydrogens is 478 g/mol. The summed E-state index contributed by atoms with van der Waals surface area (Å²) in [6, 6.07) is 7.40. The zero-order chi connectivity index (χ0) is 25.5. The van der Waals surface area contributed by atoms with Crippen molar-refractivity contribution in [3.05, 3.63) is 56.4 Å². The molecule has 12 heteroatoms. The number of fused-ring (bicyclic) bond motifs is 1. The van der Waals surface area contributed by atoms with E-state index in [2.05, 4.69) is 4.99 Å². The lowest BCUT2D eigenvalue weighted by Gasteiger charge is -2.09. The van der Waals surface area contributed by atoms with Crippen LogP contribution in [0.4, 0.5) is 5.69 Å². The number of hydrogen-bond acceptors (Lipinski definition) is 9. The van der Waals surface area contributed by atoms with Crippen LogP contribution in [0.25, 0.3) is 10.2 Å². The predicted molar refractivity (Wildman–Crippen MR) is 128 cm³/mol. The van der Waals surface area contributed by atoms with E-state index in [0.717, 1.165) is 11.6 Å². The number of nitro groups is 1. The van der Waals surface area contributed by atoms with Gasteiger partial charge in [0.15, 0.2) is 16.3 Å². The minimum atomic E-state index is -0.819. The second-order valence-corrected chi connectivity index (χ2v) is 8.04. The van der Waals surface area contributed by atoms with Crippen LogP contribution < -0.4 is 14.3 Å². The lowest BCUT2D eigenvalue weighted by Crippen LogP contribution is -2.20. The van der Waals surface area contributed by atoms with E-state index in [1.807, 2.05) is 6.92 Å². The Hall–Kier alpha value is -3.77. The fourth-order valence-electron chi connectivity index (χ4n) is 3.35. The molecule has 3 aromatic rings. The first-order valence-electron chi connectivity index (χ1n) is 10.7. The molecule has 0 N–H and O–H groups in total. The van der Waals surface area contributed by atoms with E-state index in [1.165, 1.54) is 31.6 Å². The van der Waals surface area contributed by atoms with Crippen LogP contribution in [0.15, 0.2) is 35.3 Å². The van der Waals surface area contributed by atoms with Gasteiger partial charge >= 0.3 is 5.97 Å². The molecule has 0 unspecified atom stereocenters. The third-order valence-corrected chi connectivity index (χ3v) is 6.02. The highest BCUT2D eigenvalue weighted by Crippen LogP contribution is 2.34. The van der Waals surface area contributed by atoms with Crippen molar-refractivity contribution >= 4 is 39.1 Å². The second-order valence-electron chi connectivity index (χ2n) is 7.03. The lowest BCUT2D eigenvalue weighted by atomic mass is 10.1. The van der Waals surface area contributed by atoms with Gasteiger partial charge in [-0.05, 0) is 32.0 Å². The molecule has 0 saturated carbocycles. The Morgan fingerprint density at radius 1 is 1.09 bits per heavy atom. The van der Waals surface area contributed by atoms with E-state index in [0.29, 0.717) is 34.8 Å². The number of thiazole rings is 1. The van der Waals surface area contributed by atoms with Gasteiger partial charge in [-0.3, -0.25) is 14.9 Å². The molecule has 1 aromatic heterocycles. The van der Waals surface area contributed by atoms with E-state index in [-0.39, 0.29) is 23.7 Å². The van der Waals surface area contributed by atoms with Crippen LogP contribution in [0.5, 0.6) is 11.5 Å². The Bertz CT molecular complexity index is 1330. The number of carbonyl (C=O) groups is 2. The fourth-order valence-corrected chi connectivity index (χ4v) is 4.45. The van der Waals surface area contributed by atoms with Crippen LogP contribution in [0.2, 0.25) is 0 Å². The quantitative estimate of drug-likeness (QED) is 0.178. The molecule has 0 fully saturated rings. The first kappa shape index (κ1) is 25.8. The van der Waals surface area contributed by atoms with Crippen LogP contribution in [-0.4, -0.2) is 55.4 Å². The average molecular weight is 504 g/mol. The molecule has 35 heavy (non-hydrogen) atoms. The van der Waals surface area contributed by atoms with E-state index < -0.39 is 22.5 Å². The number of amides is 1. The van der Waals surface area contributed by atoms with Gasteiger partial charge in [-0.15, -0.1) is 0 Å². The number of rotatable bonds is 10.